The maximum atomic E-state index is 11.1. The van der Waals surface area contributed by atoms with Crippen molar-refractivity contribution < 1.29 is 14.3 Å². The largest absolute Gasteiger partial charge is 0.454 e. The molecule has 0 atom stereocenters. The minimum atomic E-state index is -0.924. The fourth-order valence-electron chi connectivity index (χ4n) is 5.50. The molecule has 1 aromatic heterocycles. The molecule has 8 heteroatoms. The second-order valence-electron chi connectivity index (χ2n) is 9.71. The van der Waals surface area contributed by atoms with Crippen molar-refractivity contribution >= 4 is 11.8 Å². The molecule has 7 rings (SSSR count). The molecular formula is C34H23N5O3. The van der Waals surface area contributed by atoms with Crippen LogP contribution in [-0.2, 0) is 10.3 Å². The third-order valence-electron chi connectivity index (χ3n) is 7.39. The van der Waals surface area contributed by atoms with Gasteiger partial charge in [0.05, 0.1) is 5.69 Å². The predicted molar refractivity (Wildman–Crippen MR) is 157 cm³/mol. The van der Waals surface area contributed by atoms with Gasteiger partial charge in [-0.15, -0.1) is 15.0 Å². The lowest BCUT2D eigenvalue weighted by molar-refractivity contribution is 0.174. The van der Waals surface area contributed by atoms with Crippen molar-refractivity contribution in [3.63, 3.8) is 0 Å². The molecule has 0 amide bonds. The highest BCUT2D eigenvalue weighted by molar-refractivity contribution is 5.84. The van der Waals surface area contributed by atoms with E-state index in [4.69, 9.17) is 14.6 Å². The molecular weight excluding hydrogens is 526 g/mol. The van der Waals surface area contributed by atoms with Gasteiger partial charge in [0.1, 0.15) is 0 Å². The molecule has 1 aliphatic heterocycles. The van der Waals surface area contributed by atoms with Gasteiger partial charge in [0, 0.05) is 5.56 Å². The van der Waals surface area contributed by atoms with Crippen molar-refractivity contribution in [1.82, 2.24) is 20.2 Å². The third kappa shape index (κ3) is 4.23. The van der Waals surface area contributed by atoms with E-state index in [1.54, 1.807) is 23.0 Å². The lowest BCUT2D eigenvalue weighted by Gasteiger charge is -2.34. The monoisotopic (exact) mass is 549 g/mol. The summed E-state index contributed by atoms with van der Waals surface area (Å²) in [7, 11) is 0. The van der Waals surface area contributed by atoms with Crippen LogP contribution in [0.1, 0.15) is 16.7 Å². The van der Waals surface area contributed by atoms with E-state index < -0.39 is 5.54 Å². The van der Waals surface area contributed by atoms with Crippen LogP contribution in [0.4, 0.5) is 5.69 Å². The lowest BCUT2D eigenvalue weighted by Crippen LogP contribution is -2.39. The number of aliphatic imine (C=N–C) groups is 1. The number of nitrogens with zero attached hydrogens (tertiary/aromatic N) is 5. The Morgan fingerprint density at radius 3 is 1.93 bits per heavy atom. The molecule has 0 spiro atoms. The number of benzene rings is 5. The summed E-state index contributed by atoms with van der Waals surface area (Å²) in [6, 6.07) is 41.5. The van der Waals surface area contributed by atoms with Crippen LogP contribution in [0, 0.1) is 0 Å². The highest BCUT2D eigenvalue weighted by atomic mass is 16.7. The zero-order chi connectivity index (χ0) is 28.4. The Balaban J connectivity index is 1.47. The topological polar surface area (TPSA) is 91.5 Å². The number of tetrazole rings is 1. The fourth-order valence-corrected chi connectivity index (χ4v) is 5.50. The molecule has 202 valence electrons. The van der Waals surface area contributed by atoms with Gasteiger partial charge < -0.3 is 9.47 Å². The Kier molecular flexibility index (Phi) is 6.35. The number of aromatic nitrogens is 4. The lowest BCUT2D eigenvalue weighted by atomic mass is 9.77. The summed E-state index contributed by atoms with van der Waals surface area (Å²) in [6.45, 7) is 0.176. The van der Waals surface area contributed by atoms with Crippen LogP contribution in [0.25, 0.3) is 22.5 Å². The van der Waals surface area contributed by atoms with Crippen LogP contribution in [0.15, 0.2) is 132 Å². The van der Waals surface area contributed by atoms with Crippen LogP contribution < -0.4 is 9.47 Å². The summed E-state index contributed by atoms with van der Waals surface area (Å²) in [5.74, 6) is 1.71. The molecule has 2 heterocycles. The van der Waals surface area contributed by atoms with E-state index in [1.165, 1.54) is 0 Å². The number of ether oxygens (including phenoxy) is 2. The van der Waals surface area contributed by atoms with Gasteiger partial charge in [-0.05, 0) is 57.3 Å². The normalized spacial score (nSPS) is 12.1. The molecule has 8 nitrogen and oxygen atoms in total. The molecule has 0 fully saturated rings. The average molecular weight is 550 g/mol. The summed E-state index contributed by atoms with van der Waals surface area (Å²) >= 11 is 0. The fraction of sp³-hybridized carbons (Fsp3) is 0.0588. The van der Waals surface area contributed by atoms with Gasteiger partial charge in [-0.25, -0.2) is 4.79 Å². The number of hydrogen-bond acceptors (Lipinski definition) is 7. The van der Waals surface area contributed by atoms with E-state index in [0.717, 1.165) is 27.8 Å². The maximum Gasteiger partial charge on any atom is 0.240 e. The van der Waals surface area contributed by atoms with Gasteiger partial charge >= 0.3 is 0 Å². The van der Waals surface area contributed by atoms with E-state index in [1.807, 2.05) is 78.9 Å². The van der Waals surface area contributed by atoms with Gasteiger partial charge in [-0.3, -0.25) is 0 Å². The van der Waals surface area contributed by atoms with E-state index >= 15 is 0 Å². The summed E-state index contributed by atoms with van der Waals surface area (Å²) in [6.07, 6.45) is 1.63. The average Bonchev–Trinajstić information content (AvgIpc) is 3.74. The van der Waals surface area contributed by atoms with Crippen LogP contribution in [0.5, 0.6) is 11.5 Å². The van der Waals surface area contributed by atoms with Crippen LogP contribution >= 0.6 is 0 Å². The second-order valence-corrected chi connectivity index (χ2v) is 9.71. The van der Waals surface area contributed by atoms with Gasteiger partial charge in [-0.1, -0.05) is 103 Å². The van der Waals surface area contributed by atoms with Crippen molar-refractivity contribution in [2.75, 3.05) is 6.79 Å². The molecule has 0 bridgehead atoms. The standard InChI is InChI=1S/C34H23N5O3/c40-22-35-28-17-18-29(24-16-19-31-32(20-24)42-23-41-31)30(21-28)33-36-38-39(37-33)34(25-10-4-1-5-11-25,26-12-6-2-7-13-26)27-14-8-3-9-15-27/h1-21H,23H2. The molecule has 0 saturated carbocycles. The van der Waals surface area contributed by atoms with Crippen molar-refractivity contribution in [3.8, 4) is 34.0 Å². The zero-order valence-corrected chi connectivity index (χ0v) is 22.3. The SMILES string of the molecule is O=C=Nc1ccc(-c2ccc3c(c2)OCO3)c(-c2nnn(C(c3ccccc3)(c3ccccc3)c3ccccc3)n2)c1. The van der Waals surface area contributed by atoms with Gasteiger partial charge in [0.15, 0.2) is 17.0 Å². The van der Waals surface area contributed by atoms with Crippen LogP contribution in [0.2, 0.25) is 0 Å². The first kappa shape index (κ1) is 25.1. The van der Waals surface area contributed by atoms with E-state index in [-0.39, 0.29) is 6.79 Å². The summed E-state index contributed by atoms with van der Waals surface area (Å²) in [5.41, 5.74) is 4.77. The Morgan fingerprint density at radius 2 is 1.31 bits per heavy atom. The molecule has 42 heavy (non-hydrogen) atoms. The zero-order valence-electron chi connectivity index (χ0n) is 22.3. The third-order valence-corrected chi connectivity index (χ3v) is 7.39. The Morgan fingerprint density at radius 1 is 0.690 bits per heavy atom. The summed E-state index contributed by atoms with van der Waals surface area (Å²) in [4.78, 5) is 16.7. The Hall–Kier alpha value is -5.85. The first-order valence-electron chi connectivity index (χ1n) is 13.4. The van der Waals surface area contributed by atoms with Gasteiger partial charge in [0.2, 0.25) is 18.7 Å². The molecule has 0 N–H and O–H groups in total. The first-order chi connectivity index (χ1) is 20.8. The van der Waals surface area contributed by atoms with Crippen molar-refractivity contribution in [2.45, 2.75) is 5.54 Å². The van der Waals surface area contributed by atoms with E-state index in [2.05, 4.69) is 51.7 Å². The molecule has 1 aliphatic rings. The summed E-state index contributed by atoms with van der Waals surface area (Å²) in [5, 5.41) is 14.3. The Bertz CT molecular complexity index is 1820. The highest BCUT2D eigenvalue weighted by Crippen LogP contribution is 2.42. The smallest absolute Gasteiger partial charge is 0.240 e. The van der Waals surface area contributed by atoms with Crippen LogP contribution in [-0.4, -0.2) is 33.1 Å². The van der Waals surface area contributed by atoms with E-state index in [0.29, 0.717) is 28.6 Å². The van der Waals surface area contributed by atoms with Crippen LogP contribution in [0.3, 0.4) is 0 Å². The number of fused-ring (bicyclic) bond motifs is 1. The summed E-state index contributed by atoms with van der Waals surface area (Å²) < 4.78 is 11.1. The molecule has 5 aromatic carbocycles. The molecule has 0 aliphatic carbocycles. The highest BCUT2D eigenvalue weighted by Gasteiger charge is 2.41. The molecule has 0 radical (unpaired) electrons. The van der Waals surface area contributed by atoms with Crippen molar-refractivity contribution in [2.24, 2.45) is 4.99 Å². The number of rotatable bonds is 7. The number of isocyanates is 1. The Labute approximate surface area is 241 Å². The number of hydrogen-bond donors (Lipinski definition) is 0. The van der Waals surface area contributed by atoms with Crippen molar-refractivity contribution in [1.29, 1.82) is 0 Å². The number of carbonyl (C=O) groups excluding carboxylic acids is 1. The van der Waals surface area contributed by atoms with Crippen molar-refractivity contribution in [3.05, 3.63) is 144 Å². The molecule has 0 unspecified atom stereocenters. The molecule has 0 saturated heterocycles. The van der Waals surface area contributed by atoms with Gasteiger partial charge in [0.25, 0.3) is 0 Å². The molecule has 6 aromatic rings. The minimum Gasteiger partial charge on any atom is -0.454 e. The first-order valence-corrected chi connectivity index (χ1v) is 13.4. The second kappa shape index (κ2) is 10.6. The quantitative estimate of drug-likeness (QED) is 0.128. The van der Waals surface area contributed by atoms with Gasteiger partial charge in [-0.2, -0.15) is 4.99 Å². The maximum absolute atomic E-state index is 11.1. The predicted octanol–water partition coefficient (Wildman–Crippen LogP) is 6.54. The van der Waals surface area contributed by atoms with E-state index in [9.17, 15) is 4.79 Å². The minimum absolute atomic E-state index is 0.176.